The fraction of sp³-hybridized carbons (Fsp3) is 0.611. The van der Waals surface area contributed by atoms with Crippen molar-refractivity contribution in [3.63, 3.8) is 0 Å². The standard InChI is InChI=1S/C18H28O3Si/c1-5-22(6-2,7-3)18-16(13-14(4)20-18)21-17(19)15-11-9-8-10-12-15/h8-12,14,16,18H,5-7,13H2,1-4H3/t14-,16-,18-/m0/s1. The minimum atomic E-state index is -1.56. The molecule has 0 amide bonds. The highest BCUT2D eigenvalue weighted by Gasteiger charge is 2.48. The van der Waals surface area contributed by atoms with E-state index < -0.39 is 8.07 Å². The highest BCUT2D eigenvalue weighted by Crippen LogP contribution is 2.36. The number of ether oxygens (including phenoxy) is 2. The summed E-state index contributed by atoms with van der Waals surface area (Å²) in [7, 11) is -1.56. The molecule has 1 aliphatic heterocycles. The molecule has 0 aliphatic carbocycles. The second-order valence-electron chi connectivity index (χ2n) is 6.34. The lowest BCUT2D eigenvalue weighted by Crippen LogP contribution is -2.51. The summed E-state index contributed by atoms with van der Waals surface area (Å²) in [4.78, 5) is 12.4. The number of carbonyl (C=O) groups excluding carboxylic acids is 1. The first-order chi connectivity index (χ1) is 10.6. The molecule has 3 atom stereocenters. The fourth-order valence-corrected chi connectivity index (χ4v) is 7.85. The van der Waals surface area contributed by atoms with E-state index in [0.29, 0.717) is 5.56 Å². The van der Waals surface area contributed by atoms with E-state index in [9.17, 15) is 4.79 Å². The third-order valence-electron chi connectivity index (χ3n) is 5.26. The molecule has 122 valence electrons. The molecule has 1 saturated heterocycles. The number of benzene rings is 1. The van der Waals surface area contributed by atoms with Gasteiger partial charge < -0.3 is 9.47 Å². The summed E-state index contributed by atoms with van der Waals surface area (Å²) < 4.78 is 12.1. The van der Waals surface area contributed by atoms with E-state index in [0.717, 1.165) is 6.42 Å². The normalized spacial score (nSPS) is 25.2. The maximum absolute atomic E-state index is 12.4. The molecule has 1 heterocycles. The van der Waals surface area contributed by atoms with Crippen molar-refractivity contribution < 1.29 is 14.3 Å². The van der Waals surface area contributed by atoms with Crippen LogP contribution in [0, 0.1) is 0 Å². The van der Waals surface area contributed by atoms with Gasteiger partial charge in [-0.25, -0.2) is 4.79 Å². The van der Waals surface area contributed by atoms with Crippen LogP contribution in [-0.4, -0.2) is 32.0 Å². The largest absolute Gasteiger partial charge is 0.456 e. The van der Waals surface area contributed by atoms with Gasteiger partial charge in [-0.2, -0.15) is 0 Å². The van der Waals surface area contributed by atoms with Crippen LogP contribution in [0.25, 0.3) is 0 Å². The van der Waals surface area contributed by atoms with Crippen LogP contribution in [0.1, 0.15) is 44.5 Å². The van der Waals surface area contributed by atoms with Crippen molar-refractivity contribution in [1.29, 1.82) is 0 Å². The monoisotopic (exact) mass is 320 g/mol. The van der Waals surface area contributed by atoms with Gasteiger partial charge in [0.05, 0.1) is 25.5 Å². The van der Waals surface area contributed by atoms with Crippen molar-refractivity contribution in [1.82, 2.24) is 0 Å². The predicted molar refractivity (Wildman–Crippen MR) is 91.8 cm³/mol. The molecule has 0 saturated carbocycles. The second kappa shape index (κ2) is 7.42. The van der Waals surface area contributed by atoms with E-state index >= 15 is 0 Å². The average molecular weight is 321 g/mol. The molecular weight excluding hydrogens is 292 g/mol. The van der Waals surface area contributed by atoms with Crippen molar-refractivity contribution in [2.24, 2.45) is 0 Å². The number of hydrogen-bond donors (Lipinski definition) is 0. The molecule has 1 fully saturated rings. The van der Waals surface area contributed by atoms with Gasteiger partial charge in [0.15, 0.2) is 0 Å². The van der Waals surface area contributed by atoms with Gasteiger partial charge in [-0.15, -0.1) is 0 Å². The zero-order chi connectivity index (χ0) is 16.2. The smallest absolute Gasteiger partial charge is 0.338 e. The van der Waals surface area contributed by atoms with Gasteiger partial charge in [-0.1, -0.05) is 57.1 Å². The van der Waals surface area contributed by atoms with E-state index in [1.165, 1.54) is 18.1 Å². The van der Waals surface area contributed by atoms with Crippen LogP contribution in [0.15, 0.2) is 30.3 Å². The summed E-state index contributed by atoms with van der Waals surface area (Å²) in [6, 6.07) is 12.8. The minimum Gasteiger partial charge on any atom is -0.456 e. The predicted octanol–water partition coefficient (Wildman–Crippen LogP) is 4.44. The molecule has 0 spiro atoms. The summed E-state index contributed by atoms with van der Waals surface area (Å²) in [6.07, 6.45) is 0.905. The SMILES string of the molecule is CC[Si](CC)(CC)[C@@H]1O[C@@H](C)C[C@@H]1OC(=O)c1ccccc1. The molecule has 0 radical (unpaired) electrons. The van der Waals surface area contributed by atoms with Gasteiger partial charge in [0.2, 0.25) is 0 Å². The molecule has 0 bridgehead atoms. The third-order valence-corrected chi connectivity index (χ3v) is 11.2. The van der Waals surface area contributed by atoms with Crippen LogP contribution < -0.4 is 0 Å². The molecule has 1 aliphatic rings. The lowest BCUT2D eigenvalue weighted by molar-refractivity contribution is 0.0137. The topological polar surface area (TPSA) is 35.5 Å². The lowest BCUT2D eigenvalue weighted by Gasteiger charge is -2.36. The Balaban J connectivity index is 2.16. The number of rotatable bonds is 6. The highest BCUT2D eigenvalue weighted by molar-refractivity contribution is 6.81. The van der Waals surface area contributed by atoms with Crippen molar-refractivity contribution in [3.05, 3.63) is 35.9 Å². The molecule has 0 unspecified atom stereocenters. The van der Waals surface area contributed by atoms with Gasteiger partial charge in [-0.05, 0) is 19.1 Å². The Morgan fingerprint density at radius 2 is 1.77 bits per heavy atom. The summed E-state index contributed by atoms with van der Waals surface area (Å²) >= 11 is 0. The first kappa shape index (κ1) is 17.2. The first-order valence-electron chi connectivity index (χ1n) is 8.47. The van der Waals surface area contributed by atoms with Gasteiger partial charge in [-0.3, -0.25) is 0 Å². The number of carbonyl (C=O) groups is 1. The summed E-state index contributed by atoms with van der Waals surface area (Å²) in [5, 5.41) is 0. The van der Waals surface area contributed by atoms with Gasteiger partial charge in [0, 0.05) is 6.42 Å². The van der Waals surface area contributed by atoms with Crippen molar-refractivity contribution in [3.8, 4) is 0 Å². The van der Waals surface area contributed by atoms with Crippen LogP contribution in [0.4, 0.5) is 0 Å². The molecule has 0 aromatic heterocycles. The molecule has 3 nitrogen and oxygen atoms in total. The van der Waals surface area contributed by atoms with Crippen LogP contribution in [-0.2, 0) is 9.47 Å². The van der Waals surface area contributed by atoms with Crippen molar-refractivity contribution in [2.45, 2.75) is 70.2 Å². The van der Waals surface area contributed by atoms with Gasteiger partial charge >= 0.3 is 5.97 Å². The van der Waals surface area contributed by atoms with E-state index in [1.807, 2.05) is 18.2 Å². The maximum Gasteiger partial charge on any atom is 0.338 e. The third kappa shape index (κ3) is 3.44. The van der Waals surface area contributed by atoms with Gasteiger partial charge in [0.1, 0.15) is 6.10 Å². The second-order valence-corrected chi connectivity index (χ2v) is 11.8. The van der Waals surface area contributed by atoms with Crippen molar-refractivity contribution >= 4 is 14.0 Å². The number of hydrogen-bond acceptors (Lipinski definition) is 3. The first-order valence-corrected chi connectivity index (χ1v) is 11.2. The Hall–Kier alpha value is -1.13. The zero-order valence-electron chi connectivity index (χ0n) is 14.2. The minimum absolute atomic E-state index is 0.0887. The molecule has 22 heavy (non-hydrogen) atoms. The van der Waals surface area contributed by atoms with E-state index in [4.69, 9.17) is 9.47 Å². The highest BCUT2D eigenvalue weighted by atomic mass is 28.3. The van der Waals surface area contributed by atoms with E-state index in [1.54, 1.807) is 12.1 Å². The molecule has 2 rings (SSSR count). The van der Waals surface area contributed by atoms with E-state index in [2.05, 4.69) is 27.7 Å². The summed E-state index contributed by atoms with van der Waals surface area (Å²) in [5.74, 6) is -0.223. The molecule has 0 N–H and O–H groups in total. The van der Waals surface area contributed by atoms with E-state index in [-0.39, 0.29) is 23.9 Å². The molecular formula is C18H28O3Si. The van der Waals surface area contributed by atoms with Crippen LogP contribution in [0.2, 0.25) is 18.1 Å². The molecule has 4 heteroatoms. The Morgan fingerprint density at radius 1 is 1.18 bits per heavy atom. The Kier molecular flexibility index (Phi) is 5.81. The summed E-state index contributed by atoms with van der Waals surface area (Å²) in [5.41, 5.74) is 0.757. The Bertz CT molecular complexity index is 476. The Morgan fingerprint density at radius 3 is 2.32 bits per heavy atom. The quantitative estimate of drug-likeness (QED) is 0.574. The van der Waals surface area contributed by atoms with Crippen molar-refractivity contribution in [2.75, 3.05) is 0 Å². The molecule has 1 aromatic rings. The number of esters is 1. The molecule has 1 aromatic carbocycles. The fourth-order valence-electron chi connectivity index (χ4n) is 3.63. The van der Waals surface area contributed by atoms with Gasteiger partial charge in [0.25, 0.3) is 0 Å². The van der Waals surface area contributed by atoms with Crippen LogP contribution >= 0.6 is 0 Å². The summed E-state index contributed by atoms with van der Waals surface area (Å²) in [6.45, 7) is 8.88. The zero-order valence-corrected chi connectivity index (χ0v) is 15.2. The average Bonchev–Trinajstić information content (AvgIpc) is 2.91. The van der Waals surface area contributed by atoms with Crippen LogP contribution in [0.5, 0.6) is 0 Å². The van der Waals surface area contributed by atoms with Crippen LogP contribution in [0.3, 0.4) is 0 Å². The lowest BCUT2D eigenvalue weighted by atomic mass is 10.2. The Labute approximate surface area is 135 Å². The maximum atomic E-state index is 12.4.